The Morgan fingerprint density at radius 1 is 1.26 bits per heavy atom. The number of pyridine rings is 1. The molecular weight excluding hydrogens is 264 g/mol. The molecule has 0 aliphatic rings. The molecule has 0 spiro atoms. The second-order valence-electron chi connectivity index (χ2n) is 3.94. The highest BCUT2D eigenvalue weighted by atomic mass is 35.5. The molecule has 1 heterocycles. The van der Waals surface area contributed by atoms with E-state index in [1.165, 1.54) is 0 Å². The van der Waals surface area contributed by atoms with Crippen LogP contribution in [0.15, 0.2) is 36.7 Å². The van der Waals surface area contributed by atoms with Crippen LogP contribution in [-0.2, 0) is 13.2 Å². The summed E-state index contributed by atoms with van der Waals surface area (Å²) in [6, 6.07) is 7.28. The number of hydrogen-bond acceptors (Lipinski definition) is 4. The quantitative estimate of drug-likeness (QED) is 0.914. The molecule has 0 unspecified atom stereocenters. The Morgan fingerprint density at radius 3 is 2.63 bits per heavy atom. The second kappa shape index (κ2) is 6.41. The highest BCUT2D eigenvalue weighted by Gasteiger charge is 2.12. The Hall–Kier alpha value is -1.78. The Kier molecular flexibility index (Phi) is 4.60. The smallest absolute Gasteiger partial charge is 0.166 e. The minimum Gasteiger partial charge on any atom is -0.493 e. The first-order chi connectivity index (χ1) is 9.24. The zero-order valence-electron chi connectivity index (χ0n) is 10.6. The van der Waals surface area contributed by atoms with Crippen molar-refractivity contribution in [2.75, 3.05) is 7.11 Å². The summed E-state index contributed by atoms with van der Waals surface area (Å²) in [6.45, 7) is 0.760. The number of ether oxygens (including phenoxy) is 2. The van der Waals surface area contributed by atoms with Crippen LogP contribution in [0.3, 0.4) is 0 Å². The van der Waals surface area contributed by atoms with E-state index in [0.29, 0.717) is 29.7 Å². The molecule has 2 rings (SSSR count). The summed E-state index contributed by atoms with van der Waals surface area (Å²) in [4.78, 5) is 3.96. The molecule has 1 aromatic carbocycles. The van der Waals surface area contributed by atoms with Gasteiger partial charge in [0.05, 0.1) is 7.11 Å². The molecule has 100 valence electrons. The molecule has 4 nitrogen and oxygen atoms in total. The van der Waals surface area contributed by atoms with E-state index in [2.05, 4.69) is 4.98 Å². The molecule has 0 saturated heterocycles. The molecule has 2 N–H and O–H groups in total. The summed E-state index contributed by atoms with van der Waals surface area (Å²) in [5.74, 6) is 1.22. The van der Waals surface area contributed by atoms with Gasteiger partial charge in [-0.1, -0.05) is 11.6 Å². The van der Waals surface area contributed by atoms with Crippen LogP contribution in [0, 0.1) is 0 Å². The Labute approximate surface area is 117 Å². The number of hydrogen-bond donors (Lipinski definition) is 1. The van der Waals surface area contributed by atoms with Crippen LogP contribution in [0.25, 0.3) is 0 Å². The van der Waals surface area contributed by atoms with E-state index in [4.69, 9.17) is 26.8 Å². The van der Waals surface area contributed by atoms with Gasteiger partial charge in [-0.05, 0) is 23.8 Å². The van der Waals surface area contributed by atoms with Gasteiger partial charge in [0, 0.05) is 35.6 Å². The lowest BCUT2D eigenvalue weighted by molar-refractivity contribution is 0.281. The third-order valence-corrected chi connectivity index (χ3v) is 2.89. The molecule has 0 fully saturated rings. The first-order valence-corrected chi connectivity index (χ1v) is 6.20. The van der Waals surface area contributed by atoms with Crippen molar-refractivity contribution in [3.8, 4) is 11.5 Å². The number of aromatic nitrogens is 1. The lowest BCUT2D eigenvalue weighted by Gasteiger charge is -2.15. The summed E-state index contributed by atoms with van der Waals surface area (Å²) in [7, 11) is 1.57. The van der Waals surface area contributed by atoms with Gasteiger partial charge in [-0.25, -0.2) is 0 Å². The monoisotopic (exact) mass is 278 g/mol. The van der Waals surface area contributed by atoms with Crippen molar-refractivity contribution < 1.29 is 9.47 Å². The molecule has 0 aliphatic carbocycles. The average Bonchev–Trinajstić information content (AvgIpc) is 2.46. The van der Waals surface area contributed by atoms with E-state index >= 15 is 0 Å². The summed E-state index contributed by atoms with van der Waals surface area (Å²) < 4.78 is 11.1. The second-order valence-corrected chi connectivity index (χ2v) is 4.38. The molecule has 0 amide bonds. The van der Waals surface area contributed by atoms with Crippen LogP contribution in [0.2, 0.25) is 5.02 Å². The van der Waals surface area contributed by atoms with Gasteiger partial charge in [-0.2, -0.15) is 0 Å². The van der Waals surface area contributed by atoms with Crippen LogP contribution in [-0.4, -0.2) is 12.1 Å². The van der Waals surface area contributed by atoms with Crippen molar-refractivity contribution >= 4 is 11.6 Å². The molecule has 0 saturated carbocycles. The molecule has 0 atom stereocenters. The molecule has 2 aromatic rings. The van der Waals surface area contributed by atoms with Crippen LogP contribution >= 0.6 is 11.6 Å². The van der Waals surface area contributed by atoms with E-state index in [1.54, 1.807) is 31.6 Å². The molecule has 0 radical (unpaired) electrons. The van der Waals surface area contributed by atoms with Crippen molar-refractivity contribution in [3.05, 3.63) is 52.8 Å². The number of nitrogens with zero attached hydrogens (tertiary/aromatic N) is 1. The Morgan fingerprint density at radius 2 is 2.00 bits per heavy atom. The van der Waals surface area contributed by atoms with Gasteiger partial charge in [-0.3, -0.25) is 4.98 Å². The highest BCUT2D eigenvalue weighted by molar-refractivity contribution is 6.30. The van der Waals surface area contributed by atoms with Gasteiger partial charge >= 0.3 is 0 Å². The summed E-state index contributed by atoms with van der Waals surface area (Å²) in [6.07, 6.45) is 3.45. The Bertz CT molecular complexity index is 521. The largest absolute Gasteiger partial charge is 0.493 e. The average molecular weight is 279 g/mol. The number of nitrogens with two attached hydrogens (primary N) is 1. The maximum Gasteiger partial charge on any atom is 0.166 e. The first-order valence-electron chi connectivity index (χ1n) is 5.82. The van der Waals surface area contributed by atoms with Gasteiger partial charge in [0.25, 0.3) is 0 Å². The molecule has 19 heavy (non-hydrogen) atoms. The van der Waals surface area contributed by atoms with Crippen molar-refractivity contribution in [1.82, 2.24) is 4.98 Å². The van der Waals surface area contributed by atoms with E-state index < -0.39 is 0 Å². The SMILES string of the molecule is COc1cc(Cl)cc(CN)c1OCc1ccncc1. The minimum atomic E-state index is 0.336. The van der Waals surface area contributed by atoms with Crippen molar-refractivity contribution in [3.63, 3.8) is 0 Å². The topological polar surface area (TPSA) is 57.4 Å². The fraction of sp³-hybridized carbons (Fsp3) is 0.214. The first kappa shape index (κ1) is 13.6. The standard InChI is InChI=1S/C14H15ClN2O2/c1-18-13-7-12(15)6-11(8-16)14(13)19-9-10-2-4-17-5-3-10/h2-7H,8-9,16H2,1H3. The fourth-order valence-electron chi connectivity index (χ4n) is 1.72. The third-order valence-electron chi connectivity index (χ3n) is 2.67. The van der Waals surface area contributed by atoms with Crippen LogP contribution < -0.4 is 15.2 Å². The third kappa shape index (κ3) is 3.36. The highest BCUT2D eigenvalue weighted by Crippen LogP contribution is 2.35. The van der Waals surface area contributed by atoms with Gasteiger partial charge in [0.1, 0.15) is 6.61 Å². The Balaban J connectivity index is 2.23. The number of benzene rings is 1. The van der Waals surface area contributed by atoms with Crippen molar-refractivity contribution in [2.24, 2.45) is 5.73 Å². The zero-order valence-corrected chi connectivity index (χ0v) is 11.4. The van der Waals surface area contributed by atoms with E-state index in [-0.39, 0.29) is 0 Å². The number of rotatable bonds is 5. The number of methoxy groups -OCH3 is 1. The predicted octanol–water partition coefficient (Wildman–Crippen LogP) is 2.78. The minimum absolute atomic E-state index is 0.336. The van der Waals surface area contributed by atoms with Crippen LogP contribution in [0.5, 0.6) is 11.5 Å². The lowest BCUT2D eigenvalue weighted by atomic mass is 10.2. The molecule has 0 bridgehead atoms. The van der Waals surface area contributed by atoms with Gasteiger partial charge < -0.3 is 15.2 Å². The van der Waals surface area contributed by atoms with E-state index in [0.717, 1.165) is 11.1 Å². The summed E-state index contributed by atoms with van der Waals surface area (Å²) >= 11 is 6.00. The predicted molar refractivity (Wildman–Crippen MR) is 74.5 cm³/mol. The van der Waals surface area contributed by atoms with Gasteiger partial charge in [-0.15, -0.1) is 0 Å². The molecule has 1 aromatic heterocycles. The summed E-state index contributed by atoms with van der Waals surface area (Å²) in [5.41, 5.74) is 7.55. The van der Waals surface area contributed by atoms with Crippen molar-refractivity contribution in [2.45, 2.75) is 13.2 Å². The van der Waals surface area contributed by atoms with Gasteiger partial charge in [0.2, 0.25) is 0 Å². The van der Waals surface area contributed by atoms with Crippen molar-refractivity contribution in [1.29, 1.82) is 0 Å². The maximum atomic E-state index is 6.00. The van der Waals surface area contributed by atoms with E-state index in [1.807, 2.05) is 12.1 Å². The van der Waals surface area contributed by atoms with Gasteiger partial charge in [0.15, 0.2) is 11.5 Å². The van der Waals surface area contributed by atoms with Crippen LogP contribution in [0.1, 0.15) is 11.1 Å². The lowest BCUT2D eigenvalue weighted by Crippen LogP contribution is -2.04. The number of halogens is 1. The van der Waals surface area contributed by atoms with Crippen LogP contribution in [0.4, 0.5) is 0 Å². The fourth-order valence-corrected chi connectivity index (χ4v) is 1.96. The molecular formula is C14H15ClN2O2. The molecule has 5 heteroatoms. The summed E-state index contributed by atoms with van der Waals surface area (Å²) in [5, 5.41) is 0.577. The normalized spacial score (nSPS) is 10.3. The van der Waals surface area contributed by atoms with E-state index in [9.17, 15) is 0 Å². The molecule has 0 aliphatic heterocycles. The zero-order chi connectivity index (χ0) is 13.7. The maximum absolute atomic E-state index is 6.00.